The first kappa shape index (κ1) is 14.8. The Morgan fingerprint density at radius 1 is 1.55 bits per heavy atom. The van der Waals surface area contributed by atoms with Crippen molar-refractivity contribution in [3.63, 3.8) is 0 Å². The largest absolute Gasteiger partial charge is 0.354 e. The van der Waals surface area contributed by atoms with Crippen LogP contribution in [0.15, 0.2) is 12.3 Å². The first-order chi connectivity index (χ1) is 9.61. The minimum atomic E-state index is 0.516. The molecule has 1 aromatic heterocycles. The van der Waals surface area contributed by atoms with Crippen LogP contribution in [0, 0.1) is 24.2 Å². The van der Waals surface area contributed by atoms with Gasteiger partial charge in [0, 0.05) is 25.3 Å². The Morgan fingerprint density at radius 3 is 2.95 bits per heavy atom. The zero-order valence-electron chi connectivity index (χ0n) is 12.7. The number of nitriles is 1. The SMILES string of the molecule is Cc1ccnc(N(CC(C)C)CC2CCCN2)c1C#N. The van der Waals surface area contributed by atoms with Crippen molar-refractivity contribution >= 4 is 5.82 Å². The van der Waals surface area contributed by atoms with Crippen LogP contribution in [-0.4, -0.2) is 30.7 Å². The Kier molecular flexibility index (Phi) is 4.97. The third-order valence-corrected chi connectivity index (χ3v) is 3.74. The molecule has 1 saturated heterocycles. The molecule has 1 aliphatic heterocycles. The molecular weight excluding hydrogens is 248 g/mol. The van der Waals surface area contributed by atoms with E-state index in [-0.39, 0.29) is 0 Å². The average Bonchev–Trinajstić information content (AvgIpc) is 2.90. The second kappa shape index (κ2) is 6.71. The standard InChI is InChI=1S/C16H24N4/c1-12(2)10-20(11-14-5-4-7-18-14)16-15(9-17)13(3)6-8-19-16/h6,8,12,14,18H,4-5,7,10-11H2,1-3H3. The number of aromatic nitrogens is 1. The molecule has 1 aliphatic rings. The van der Waals surface area contributed by atoms with Gasteiger partial charge in [-0.3, -0.25) is 0 Å². The molecule has 4 nitrogen and oxygen atoms in total. The normalized spacial score (nSPS) is 18.2. The maximum absolute atomic E-state index is 9.41. The number of pyridine rings is 1. The summed E-state index contributed by atoms with van der Waals surface area (Å²) in [5.41, 5.74) is 1.72. The lowest BCUT2D eigenvalue weighted by Crippen LogP contribution is -2.40. The van der Waals surface area contributed by atoms with Crippen LogP contribution in [0.1, 0.15) is 37.8 Å². The predicted molar refractivity (Wildman–Crippen MR) is 81.8 cm³/mol. The summed E-state index contributed by atoms with van der Waals surface area (Å²) < 4.78 is 0. The van der Waals surface area contributed by atoms with E-state index in [1.54, 1.807) is 6.20 Å². The van der Waals surface area contributed by atoms with E-state index in [0.29, 0.717) is 17.5 Å². The van der Waals surface area contributed by atoms with Gasteiger partial charge in [-0.1, -0.05) is 13.8 Å². The summed E-state index contributed by atoms with van der Waals surface area (Å²) in [6.07, 6.45) is 4.26. The number of anilines is 1. The molecule has 4 heteroatoms. The minimum absolute atomic E-state index is 0.516. The molecule has 0 spiro atoms. The molecule has 0 aliphatic carbocycles. The van der Waals surface area contributed by atoms with Crippen LogP contribution in [0.4, 0.5) is 5.82 Å². The van der Waals surface area contributed by atoms with Gasteiger partial charge < -0.3 is 10.2 Å². The predicted octanol–water partition coefficient (Wildman–Crippen LogP) is 2.48. The van der Waals surface area contributed by atoms with Crippen molar-refractivity contribution in [1.82, 2.24) is 10.3 Å². The maximum Gasteiger partial charge on any atom is 0.146 e. The monoisotopic (exact) mass is 272 g/mol. The molecule has 1 N–H and O–H groups in total. The second-order valence-corrected chi connectivity index (χ2v) is 6.03. The lowest BCUT2D eigenvalue weighted by molar-refractivity contribution is 0.537. The van der Waals surface area contributed by atoms with Crippen molar-refractivity contribution in [3.05, 3.63) is 23.4 Å². The molecule has 0 bridgehead atoms. The van der Waals surface area contributed by atoms with Crippen LogP contribution >= 0.6 is 0 Å². The molecule has 0 amide bonds. The first-order valence-corrected chi connectivity index (χ1v) is 7.46. The van der Waals surface area contributed by atoms with Gasteiger partial charge in [-0.2, -0.15) is 5.26 Å². The fraction of sp³-hybridized carbons (Fsp3) is 0.625. The van der Waals surface area contributed by atoms with Gasteiger partial charge in [0.2, 0.25) is 0 Å². The van der Waals surface area contributed by atoms with Crippen molar-refractivity contribution in [2.75, 3.05) is 24.5 Å². The number of hydrogen-bond donors (Lipinski definition) is 1. The molecule has 20 heavy (non-hydrogen) atoms. The third kappa shape index (κ3) is 3.49. The number of nitrogens with one attached hydrogen (secondary N) is 1. The van der Waals surface area contributed by atoms with Crippen molar-refractivity contribution in [3.8, 4) is 6.07 Å². The van der Waals surface area contributed by atoms with Crippen LogP contribution < -0.4 is 10.2 Å². The van der Waals surface area contributed by atoms with Gasteiger partial charge in [0.1, 0.15) is 11.9 Å². The molecule has 1 aromatic rings. The zero-order valence-corrected chi connectivity index (χ0v) is 12.7. The Labute approximate surface area is 121 Å². The number of aryl methyl sites for hydroxylation is 1. The Bertz CT molecular complexity index is 484. The zero-order chi connectivity index (χ0) is 14.5. The van der Waals surface area contributed by atoms with E-state index in [2.05, 4.69) is 35.1 Å². The van der Waals surface area contributed by atoms with E-state index in [1.165, 1.54) is 12.8 Å². The quantitative estimate of drug-likeness (QED) is 0.894. The van der Waals surface area contributed by atoms with Gasteiger partial charge in [0.15, 0.2) is 0 Å². The average molecular weight is 272 g/mol. The highest BCUT2D eigenvalue weighted by atomic mass is 15.2. The van der Waals surface area contributed by atoms with Crippen LogP contribution in [0.5, 0.6) is 0 Å². The molecule has 2 rings (SSSR count). The molecule has 0 radical (unpaired) electrons. The van der Waals surface area contributed by atoms with Gasteiger partial charge >= 0.3 is 0 Å². The van der Waals surface area contributed by atoms with Gasteiger partial charge in [-0.25, -0.2) is 4.98 Å². The summed E-state index contributed by atoms with van der Waals surface area (Å²) in [5.74, 6) is 1.39. The van der Waals surface area contributed by atoms with E-state index >= 15 is 0 Å². The lowest BCUT2D eigenvalue weighted by Gasteiger charge is -2.29. The van der Waals surface area contributed by atoms with Gasteiger partial charge in [0.25, 0.3) is 0 Å². The summed E-state index contributed by atoms with van der Waals surface area (Å²) in [6, 6.07) is 4.74. The van der Waals surface area contributed by atoms with Gasteiger partial charge in [0.05, 0.1) is 5.56 Å². The number of hydrogen-bond acceptors (Lipinski definition) is 4. The molecule has 1 unspecified atom stereocenters. The Balaban J connectivity index is 2.25. The van der Waals surface area contributed by atoms with Crippen molar-refractivity contribution in [2.45, 2.75) is 39.7 Å². The Morgan fingerprint density at radius 2 is 2.35 bits per heavy atom. The summed E-state index contributed by atoms with van der Waals surface area (Å²) in [7, 11) is 0. The maximum atomic E-state index is 9.41. The van der Waals surface area contributed by atoms with Crippen LogP contribution in [0.25, 0.3) is 0 Å². The second-order valence-electron chi connectivity index (χ2n) is 6.03. The van der Waals surface area contributed by atoms with E-state index in [1.807, 2.05) is 13.0 Å². The van der Waals surface area contributed by atoms with Crippen molar-refractivity contribution in [1.29, 1.82) is 5.26 Å². The lowest BCUT2D eigenvalue weighted by atomic mass is 10.1. The molecular formula is C16H24N4. The topological polar surface area (TPSA) is 52.0 Å². The minimum Gasteiger partial charge on any atom is -0.354 e. The molecule has 0 aromatic carbocycles. The number of rotatable bonds is 5. The summed E-state index contributed by atoms with van der Waals surface area (Å²) >= 11 is 0. The smallest absolute Gasteiger partial charge is 0.146 e. The highest BCUT2D eigenvalue weighted by Gasteiger charge is 2.22. The van der Waals surface area contributed by atoms with Crippen LogP contribution in [-0.2, 0) is 0 Å². The molecule has 2 heterocycles. The fourth-order valence-corrected chi connectivity index (χ4v) is 2.79. The number of nitrogens with zero attached hydrogens (tertiary/aromatic N) is 3. The molecule has 1 fully saturated rings. The highest BCUT2D eigenvalue weighted by Crippen LogP contribution is 2.22. The summed E-state index contributed by atoms with van der Waals surface area (Å²) in [6.45, 7) is 9.36. The van der Waals surface area contributed by atoms with Crippen molar-refractivity contribution < 1.29 is 0 Å². The fourth-order valence-electron chi connectivity index (χ4n) is 2.79. The molecule has 0 saturated carbocycles. The first-order valence-electron chi connectivity index (χ1n) is 7.46. The van der Waals surface area contributed by atoms with E-state index in [0.717, 1.165) is 31.0 Å². The van der Waals surface area contributed by atoms with Gasteiger partial charge in [-0.05, 0) is 43.9 Å². The summed E-state index contributed by atoms with van der Waals surface area (Å²) in [5, 5.41) is 12.9. The van der Waals surface area contributed by atoms with Crippen molar-refractivity contribution in [2.24, 2.45) is 5.92 Å². The Hall–Kier alpha value is -1.60. The van der Waals surface area contributed by atoms with Crippen LogP contribution in [0.3, 0.4) is 0 Å². The van der Waals surface area contributed by atoms with E-state index in [9.17, 15) is 5.26 Å². The van der Waals surface area contributed by atoms with Gasteiger partial charge in [-0.15, -0.1) is 0 Å². The highest BCUT2D eigenvalue weighted by molar-refractivity contribution is 5.57. The molecule has 108 valence electrons. The molecule has 1 atom stereocenters. The van der Waals surface area contributed by atoms with E-state index < -0.39 is 0 Å². The summed E-state index contributed by atoms with van der Waals surface area (Å²) in [4.78, 5) is 6.76. The van der Waals surface area contributed by atoms with Crippen LogP contribution in [0.2, 0.25) is 0 Å². The van der Waals surface area contributed by atoms with E-state index in [4.69, 9.17) is 0 Å². The third-order valence-electron chi connectivity index (χ3n) is 3.74.